The first-order valence-corrected chi connectivity index (χ1v) is 17.0. The number of carbonyl (C=O) groups is 1. The van der Waals surface area contributed by atoms with Crippen molar-refractivity contribution in [3.63, 3.8) is 0 Å². The lowest BCUT2D eigenvalue weighted by molar-refractivity contribution is -0.247. The summed E-state index contributed by atoms with van der Waals surface area (Å²) >= 11 is 0. The third kappa shape index (κ3) is 4.22. The van der Waals surface area contributed by atoms with Gasteiger partial charge >= 0.3 is 5.97 Å². The van der Waals surface area contributed by atoms with Gasteiger partial charge in [-0.3, -0.25) is 4.79 Å². The van der Waals surface area contributed by atoms with E-state index >= 15 is 0 Å². The van der Waals surface area contributed by atoms with Crippen molar-refractivity contribution >= 4 is 5.97 Å². The van der Waals surface area contributed by atoms with Crippen molar-refractivity contribution in [1.29, 1.82) is 0 Å². The molecule has 0 bridgehead atoms. The predicted molar refractivity (Wildman–Crippen MR) is 157 cm³/mol. The number of carbonyl (C=O) groups excluding carboxylic acids is 1. The molecule has 7 rings (SSSR count). The van der Waals surface area contributed by atoms with Crippen molar-refractivity contribution < 1.29 is 34.0 Å². The van der Waals surface area contributed by atoms with Crippen LogP contribution in [0.3, 0.4) is 0 Å². The zero-order valence-corrected chi connectivity index (χ0v) is 26.7. The molecule has 1 saturated heterocycles. The molecule has 7 aliphatic rings. The van der Waals surface area contributed by atoms with Crippen LogP contribution in [0, 0.1) is 39.4 Å². The van der Waals surface area contributed by atoms with Crippen LogP contribution in [0.25, 0.3) is 0 Å². The Morgan fingerprint density at radius 2 is 1.81 bits per heavy atom. The molecule has 2 heterocycles. The molecule has 5 aliphatic carbocycles. The zero-order chi connectivity index (χ0) is 29.9. The van der Waals surface area contributed by atoms with Gasteiger partial charge in [0.25, 0.3) is 0 Å². The van der Waals surface area contributed by atoms with Crippen molar-refractivity contribution in [1.82, 2.24) is 0 Å². The molecule has 0 amide bonds. The van der Waals surface area contributed by atoms with E-state index in [1.807, 2.05) is 0 Å². The topological polar surface area (TPSA) is 94.5 Å². The number of allylic oxidation sites excluding steroid dienone is 2. The van der Waals surface area contributed by atoms with Crippen LogP contribution in [0.4, 0.5) is 0 Å². The van der Waals surface area contributed by atoms with Gasteiger partial charge in [0, 0.05) is 19.8 Å². The van der Waals surface area contributed by atoms with E-state index in [1.165, 1.54) is 51.0 Å². The molecule has 0 aromatic heterocycles. The lowest BCUT2D eigenvalue weighted by Crippen LogP contribution is -2.55. The van der Waals surface area contributed by atoms with Crippen LogP contribution in [0.1, 0.15) is 119 Å². The van der Waals surface area contributed by atoms with E-state index in [2.05, 4.69) is 20.8 Å². The molecule has 7 nitrogen and oxygen atoms in total. The summed E-state index contributed by atoms with van der Waals surface area (Å²) in [5.41, 5.74) is 1.51. The number of esters is 1. The molecule has 8 unspecified atom stereocenters. The summed E-state index contributed by atoms with van der Waals surface area (Å²) in [5.74, 6) is 2.77. The van der Waals surface area contributed by atoms with Crippen molar-refractivity contribution in [2.45, 2.75) is 155 Å². The van der Waals surface area contributed by atoms with Crippen molar-refractivity contribution in [3.8, 4) is 0 Å². The smallest absolute Gasteiger partial charge is 0.303 e. The number of aliphatic hydroxyl groups excluding tert-OH is 1. The molecule has 0 radical (unpaired) electrons. The molecule has 0 aromatic carbocycles. The fourth-order valence-electron chi connectivity index (χ4n) is 12.0. The second-order valence-corrected chi connectivity index (χ2v) is 16.7. The minimum Gasteiger partial charge on any atom is -0.491 e. The van der Waals surface area contributed by atoms with E-state index in [0.29, 0.717) is 42.1 Å². The third-order valence-corrected chi connectivity index (χ3v) is 13.9. The van der Waals surface area contributed by atoms with Gasteiger partial charge < -0.3 is 29.2 Å². The van der Waals surface area contributed by atoms with Gasteiger partial charge in [-0.2, -0.15) is 0 Å². The molecule has 4 saturated carbocycles. The number of aliphatic hydroxyl groups is 2. The van der Waals surface area contributed by atoms with Crippen molar-refractivity contribution in [2.24, 2.45) is 39.4 Å². The third-order valence-electron chi connectivity index (χ3n) is 13.9. The fraction of sp³-hybridized carbons (Fsp3) is 0.914. The molecule has 42 heavy (non-hydrogen) atoms. The van der Waals surface area contributed by atoms with Crippen LogP contribution in [0.15, 0.2) is 11.3 Å². The molecular formula is C35H54O7. The van der Waals surface area contributed by atoms with Crippen LogP contribution in [-0.4, -0.2) is 59.1 Å². The van der Waals surface area contributed by atoms with Crippen LogP contribution < -0.4 is 0 Å². The Labute approximate surface area is 252 Å². The molecular weight excluding hydrogens is 532 g/mol. The van der Waals surface area contributed by atoms with Crippen LogP contribution in [0.2, 0.25) is 0 Å². The second-order valence-electron chi connectivity index (χ2n) is 16.7. The number of ether oxygens (including phenoxy) is 4. The highest BCUT2D eigenvalue weighted by atomic mass is 16.7. The zero-order valence-electron chi connectivity index (χ0n) is 26.7. The Bertz CT molecular complexity index is 1140. The van der Waals surface area contributed by atoms with E-state index in [4.69, 9.17) is 18.9 Å². The Kier molecular flexibility index (Phi) is 6.81. The molecule has 236 valence electrons. The van der Waals surface area contributed by atoms with Gasteiger partial charge in [-0.25, -0.2) is 0 Å². The Hall–Kier alpha value is -1.15. The van der Waals surface area contributed by atoms with Gasteiger partial charge in [0.1, 0.15) is 6.10 Å². The van der Waals surface area contributed by atoms with Gasteiger partial charge in [0.15, 0.2) is 12.4 Å². The summed E-state index contributed by atoms with van der Waals surface area (Å²) < 4.78 is 24.9. The van der Waals surface area contributed by atoms with E-state index in [0.717, 1.165) is 37.4 Å². The van der Waals surface area contributed by atoms with Gasteiger partial charge in [-0.1, -0.05) is 20.8 Å². The standard InChI is InChI=1S/C35H54O7/c1-20(36)40-30(32(4,5)38)25-9-7-23-26(41-25)18-24-22-8-10-27-31(2,3)28(42-29-17-21(37)12-16-39-29)11-13-35(27)19-34(22,35)15-14-33(23,24)6/h21-22,24-25,27-30,37-38H,7-19H2,1-6H3/t21?,22?,24?,25?,27?,28?,29?,30-,33+,34?,35+/m0/s1. The Morgan fingerprint density at radius 1 is 1.02 bits per heavy atom. The lowest BCUT2D eigenvalue weighted by atomic mass is 9.46. The van der Waals surface area contributed by atoms with Crippen molar-refractivity contribution in [2.75, 3.05) is 6.61 Å². The van der Waals surface area contributed by atoms with Crippen LogP contribution >= 0.6 is 0 Å². The summed E-state index contributed by atoms with van der Waals surface area (Å²) in [6.45, 7) is 12.8. The Balaban J connectivity index is 1.08. The maximum atomic E-state index is 11.9. The van der Waals surface area contributed by atoms with Gasteiger partial charge in [0.05, 0.1) is 30.2 Å². The summed E-state index contributed by atoms with van der Waals surface area (Å²) in [6, 6.07) is 0. The summed E-state index contributed by atoms with van der Waals surface area (Å²) in [6.07, 6.45) is 11.5. The van der Waals surface area contributed by atoms with E-state index in [9.17, 15) is 15.0 Å². The predicted octanol–water partition coefficient (Wildman–Crippen LogP) is 6.05. The highest BCUT2D eigenvalue weighted by molar-refractivity contribution is 5.66. The van der Waals surface area contributed by atoms with E-state index in [1.54, 1.807) is 13.8 Å². The number of hydrogen-bond acceptors (Lipinski definition) is 7. The molecule has 7 heteroatoms. The number of rotatable bonds is 5. The lowest BCUT2D eigenvalue weighted by Gasteiger charge is -2.59. The second kappa shape index (κ2) is 9.67. The van der Waals surface area contributed by atoms with Crippen molar-refractivity contribution in [3.05, 3.63) is 11.3 Å². The minimum absolute atomic E-state index is 0.0888. The average molecular weight is 587 g/mol. The molecule has 0 aromatic rings. The first kappa shape index (κ1) is 29.6. The van der Waals surface area contributed by atoms with Gasteiger partial charge in [-0.05, 0) is 123 Å². The molecule has 2 spiro atoms. The quantitative estimate of drug-likeness (QED) is 0.299. The highest BCUT2D eigenvalue weighted by Gasteiger charge is 2.80. The maximum absolute atomic E-state index is 11.9. The molecule has 5 fully saturated rings. The maximum Gasteiger partial charge on any atom is 0.303 e. The SMILES string of the molecule is CC(=O)O[C@@H](C1CCC2=C(CC3C4CCC5C(C)(C)C(OC6CC(O)CCO6)CC[C@@]56CC46CC[C@]23C)O1)C(C)(C)O. The average Bonchev–Trinajstić information content (AvgIpc) is 3.48. The molecule has 2 N–H and O–H groups in total. The normalized spacial score (nSPS) is 48.0. The van der Waals surface area contributed by atoms with Crippen LogP contribution in [-0.2, 0) is 23.7 Å². The monoisotopic (exact) mass is 586 g/mol. The summed E-state index contributed by atoms with van der Waals surface area (Å²) in [5, 5.41) is 21.0. The first-order valence-electron chi connectivity index (χ1n) is 17.0. The molecule has 11 atom stereocenters. The fourth-order valence-corrected chi connectivity index (χ4v) is 12.0. The first-order chi connectivity index (χ1) is 19.7. The van der Waals surface area contributed by atoms with Gasteiger partial charge in [0.2, 0.25) is 0 Å². The summed E-state index contributed by atoms with van der Waals surface area (Å²) in [7, 11) is 0. The number of fused-ring (bicyclic) bond motifs is 3. The largest absolute Gasteiger partial charge is 0.491 e. The van der Waals surface area contributed by atoms with E-state index < -0.39 is 11.7 Å². The number of hydrogen-bond donors (Lipinski definition) is 2. The highest BCUT2D eigenvalue weighted by Crippen LogP contribution is 2.87. The van der Waals surface area contributed by atoms with E-state index in [-0.39, 0.29) is 41.4 Å². The molecule has 2 aliphatic heterocycles. The van der Waals surface area contributed by atoms with Gasteiger partial charge in [-0.15, -0.1) is 0 Å². The minimum atomic E-state index is -1.16. The van der Waals surface area contributed by atoms with Crippen LogP contribution in [0.5, 0.6) is 0 Å². The Morgan fingerprint density at radius 3 is 2.52 bits per heavy atom. The summed E-state index contributed by atoms with van der Waals surface area (Å²) in [4.78, 5) is 11.9.